The first-order chi connectivity index (χ1) is 7.61. The van der Waals surface area contributed by atoms with Crippen molar-refractivity contribution in [3.05, 3.63) is 36.4 Å². The minimum absolute atomic E-state index is 0.0852. The summed E-state index contributed by atoms with van der Waals surface area (Å²) >= 11 is 0. The number of anilines is 2. The van der Waals surface area contributed by atoms with E-state index in [9.17, 15) is 10.2 Å². The standard InChI is InChI=1S/C12H12N2O2/c13-9-6-5-8(12(16)11(9)14)7-3-1-2-4-10(7)15/h1-6,15-16H,13-14H2. The van der Waals surface area contributed by atoms with Crippen LogP contribution in [-0.2, 0) is 0 Å². The van der Waals surface area contributed by atoms with Crippen LogP contribution in [0.5, 0.6) is 11.5 Å². The Balaban J connectivity index is 2.66. The fraction of sp³-hybridized carbons (Fsp3) is 0. The predicted molar refractivity (Wildman–Crippen MR) is 64.0 cm³/mol. The summed E-state index contributed by atoms with van der Waals surface area (Å²) in [5.41, 5.74) is 12.6. The van der Waals surface area contributed by atoms with Gasteiger partial charge in [0, 0.05) is 11.1 Å². The van der Waals surface area contributed by atoms with E-state index in [2.05, 4.69) is 0 Å². The van der Waals surface area contributed by atoms with Crippen LogP contribution in [0.2, 0.25) is 0 Å². The van der Waals surface area contributed by atoms with Gasteiger partial charge in [-0.05, 0) is 18.2 Å². The predicted octanol–water partition coefficient (Wildman–Crippen LogP) is 1.93. The molecule has 2 aromatic carbocycles. The van der Waals surface area contributed by atoms with Gasteiger partial charge in [0.2, 0.25) is 0 Å². The number of aromatic hydroxyl groups is 2. The summed E-state index contributed by atoms with van der Waals surface area (Å²) in [6, 6.07) is 9.92. The van der Waals surface area contributed by atoms with Crippen LogP contribution in [0.15, 0.2) is 36.4 Å². The first-order valence-electron chi connectivity index (χ1n) is 4.76. The molecule has 0 aliphatic carbocycles. The second kappa shape index (κ2) is 3.66. The summed E-state index contributed by atoms with van der Waals surface area (Å²) < 4.78 is 0. The quantitative estimate of drug-likeness (QED) is 0.433. The number of nitrogen functional groups attached to an aromatic ring is 2. The van der Waals surface area contributed by atoms with Gasteiger partial charge in [0.15, 0.2) is 0 Å². The Morgan fingerprint density at radius 1 is 0.812 bits per heavy atom. The summed E-state index contributed by atoms with van der Waals surface area (Å²) in [5, 5.41) is 19.5. The SMILES string of the molecule is Nc1ccc(-c2ccccc2O)c(O)c1N. The molecule has 6 N–H and O–H groups in total. The second-order valence-corrected chi connectivity index (χ2v) is 3.48. The molecule has 0 unspecified atom stereocenters. The lowest BCUT2D eigenvalue weighted by molar-refractivity contribution is 0.470. The number of phenols is 2. The largest absolute Gasteiger partial charge is 0.507 e. The van der Waals surface area contributed by atoms with Crippen LogP contribution < -0.4 is 11.5 Å². The molecule has 0 atom stereocenters. The third-order valence-corrected chi connectivity index (χ3v) is 2.45. The Morgan fingerprint density at radius 3 is 2.19 bits per heavy atom. The molecule has 82 valence electrons. The third kappa shape index (κ3) is 1.50. The smallest absolute Gasteiger partial charge is 0.148 e. The topological polar surface area (TPSA) is 92.5 Å². The van der Waals surface area contributed by atoms with Crippen molar-refractivity contribution in [2.45, 2.75) is 0 Å². The van der Waals surface area contributed by atoms with Crippen molar-refractivity contribution in [2.24, 2.45) is 0 Å². The number of nitrogens with two attached hydrogens (primary N) is 2. The van der Waals surface area contributed by atoms with E-state index >= 15 is 0 Å². The first-order valence-corrected chi connectivity index (χ1v) is 4.76. The van der Waals surface area contributed by atoms with Gasteiger partial charge in [-0.15, -0.1) is 0 Å². The van der Waals surface area contributed by atoms with Crippen LogP contribution in [-0.4, -0.2) is 10.2 Å². The minimum atomic E-state index is -0.110. The lowest BCUT2D eigenvalue weighted by Crippen LogP contribution is -1.95. The van der Waals surface area contributed by atoms with Crippen LogP contribution in [0.4, 0.5) is 11.4 Å². The van der Waals surface area contributed by atoms with E-state index in [1.165, 1.54) is 0 Å². The van der Waals surface area contributed by atoms with Gasteiger partial charge in [0.05, 0.1) is 11.4 Å². The molecule has 0 saturated carbocycles. The van der Waals surface area contributed by atoms with Crippen LogP contribution in [0.1, 0.15) is 0 Å². The molecule has 0 saturated heterocycles. The van der Waals surface area contributed by atoms with Crippen LogP contribution in [0.25, 0.3) is 11.1 Å². The van der Waals surface area contributed by atoms with Gasteiger partial charge in [-0.1, -0.05) is 18.2 Å². The lowest BCUT2D eigenvalue weighted by atomic mass is 10.0. The number of rotatable bonds is 1. The zero-order valence-electron chi connectivity index (χ0n) is 8.51. The van der Waals surface area contributed by atoms with Gasteiger partial charge >= 0.3 is 0 Å². The van der Waals surface area contributed by atoms with Gasteiger partial charge in [-0.3, -0.25) is 0 Å². The molecule has 0 fully saturated rings. The van der Waals surface area contributed by atoms with E-state index in [0.29, 0.717) is 16.8 Å². The van der Waals surface area contributed by atoms with Crippen molar-refractivity contribution in [1.29, 1.82) is 0 Å². The molecule has 0 amide bonds. The average molecular weight is 216 g/mol. The number of para-hydroxylation sites is 1. The van der Waals surface area contributed by atoms with E-state index in [-0.39, 0.29) is 17.2 Å². The van der Waals surface area contributed by atoms with E-state index in [1.54, 1.807) is 36.4 Å². The normalized spacial score (nSPS) is 10.2. The summed E-state index contributed by atoms with van der Waals surface area (Å²) in [6.45, 7) is 0. The molecule has 2 aromatic rings. The minimum Gasteiger partial charge on any atom is -0.507 e. The maximum Gasteiger partial charge on any atom is 0.148 e. The second-order valence-electron chi connectivity index (χ2n) is 3.48. The number of phenolic OH excluding ortho intramolecular Hbond substituents is 2. The summed E-state index contributed by atoms with van der Waals surface area (Å²) in [5.74, 6) is -0.0246. The average Bonchev–Trinajstić information content (AvgIpc) is 2.28. The van der Waals surface area contributed by atoms with Crippen molar-refractivity contribution in [2.75, 3.05) is 11.5 Å². The Bertz CT molecular complexity index is 539. The fourth-order valence-corrected chi connectivity index (χ4v) is 1.54. The fourth-order valence-electron chi connectivity index (χ4n) is 1.54. The van der Waals surface area contributed by atoms with E-state index in [4.69, 9.17) is 11.5 Å². The lowest BCUT2D eigenvalue weighted by Gasteiger charge is -2.10. The zero-order valence-corrected chi connectivity index (χ0v) is 8.51. The monoisotopic (exact) mass is 216 g/mol. The van der Waals surface area contributed by atoms with Gasteiger partial charge in [-0.2, -0.15) is 0 Å². The Hall–Kier alpha value is -2.36. The Kier molecular flexibility index (Phi) is 2.32. The highest BCUT2D eigenvalue weighted by Gasteiger charge is 2.12. The molecular formula is C12H12N2O2. The Labute approximate surface area is 92.8 Å². The number of hydrogen-bond acceptors (Lipinski definition) is 4. The van der Waals surface area contributed by atoms with Crippen molar-refractivity contribution >= 4 is 11.4 Å². The summed E-state index contributed by atoms with van der Waals surface area (Å²) in [7, 11) is 0. The molecule has 0 aromatic heterocycles. The highest BCUT2D eigenvalue weighted by Crippen LogP contribution is 2.40. The molecule has 2 rings (SSSR count). The Morgan fingerprint density at radius 2 is 1.50 bits per heavy atom. The van der Waals surface area contributed by atoms with E-state index in [0.717, 1.165) is 0 Å². The van der Waals surface area contributed by atoms with Gasteiger partial charge in [-0.25, -0.2) is 0 Å². The number of benzene rings is 2. The maximum absolute atomic E-state index is 9.84. The van der Waals surface area contributed by atoms with Crippen molar-refractivity contribution in [3.63, 3.8) is 0 Å². The first kappa shape index (κ1) is 10.2. The molecule has 0 heterocycles. The maximum atomic E-state index is 9.84. The van der Waals surface area contributed by atoms with E-state index in [1.807, 2.05) is 0 Å². The third-order valence-electron chi connectivity index (χ3n) is 2.45. The van der Waals surface area contributed by atoms with Crippen LogP contribution in [0.3, 0.4) is 0 Å². The molecule has 0 aliphatic rings. The van der Waals surface area contributed by atoms with Crippen molar-refractivity contribution in [1.82, 2.24) is 0 Å². The van der Waals surface area contributed by atoms with Crippen LogP contribution >= 0.6 is 0 Å². The molecule has 4 nitrogen and oxygen atoms in total. The molecule has 0 aliphatic heterocycles. The molecule has 0 bridgehead atoms. The molecule has 4 heteroatoms. The zero-order chi connectivity index (χ0) is 11.7. The van der Waals surface area contributed by atoms with Gasteiger partial charge in [0.1, 0.15) is 11.5 Å². The van der Waals surface area contributed by atoms with Gasteiger partial charge in [0.25, 0.3) is 0 Å². The van der Waals surface area contributed by atoms with Crippen molar-refractivity contribution in [3.8, 4) is 22.6 Å². The molecule has 0 spiro atoms. The molecular weight excluding hydrogens is 204 g/mol. The number of hydrogen-bond donors (Lipinski definition) is 4. The van der Waals surface area contributed by atoms with Gasteiger partial charge < -0.3 is 21.7 Å². The molecule has 0 radical (unpaired) electrons. The summed E-state index contributed by atoms with van der Waals surface area (Å²) in [4.78, 5) is 0. The van der Waals surface area contributed by atoms with E-state index < -0.39 is 0 Å². The summed E-state index contributed by atoms with van der Waals surface area (Å²) in [6.07, 6.45) is 0. The molecule has 16 heavy (non-hydrogen) atoms. The highest BCUT2D eigenvalue weighted by atomic mass is 16.3. The van der Waals surface area contributed by atoms with Crippen molar-refractivity contribution < 1.29 is 10.2 Å². The highest BCUT2D eigenvalue weighted by molar-refractivity contribution is 5.85. The van der Waals surface area contributed by atoms with Crippen LogP contribution in [0, 0.1) is 0 Å².